The summed E-state index contributed by atoms with van der Waals surface area (Å²) in [5, 5.41) is 2.62. The summed E-state index contributed by atoms with van der Waals surface area (Å²) in [6.07, 6.45) is 5.38. The highest BCUT2D eigenvalue weighted by molar-refractivity contribution is 5.82. The molecule has 2 heteroatoms. The Kier molecular flexibility index (Phi) is 34.6. The number of rotatable bonds is 0. The lowest BCUT2D eigenvalue weighted by molar-refractivity contribution is 0.635. The fourth-order valence-corrected chi connectivity index (χ4v) is 5.72. The van der Waals surface area contributed by atoms with E-state index in [1.165, 1.54) is 58.7 Å². The van der Waals surface area contributed by atoms with Gasteiger partial charge >= 0.3 is 0 Å². The molecule has 1 aliphatic carbocycles. The standard InChI is InChI=1S/C10H12.C10H8.4C7H8.2C6H6.2CH3F/c2*1-2-6-10-8-4-3-7-9(10)5-1;4*1-7-5-3-2-4-6-7;2*1-2-4-6-5-3-1;2*1-2/h1-2,5-6H,3-4,7-8H2;1-8H;4*2-6H,1H3;2*1-6H;2*1H3. The van der Waals surface area contributed by atoms with Gasteiger partial charge in [0.1, 0.15) is 0 Å². The van der Waals surface area contributed by atoms with Gasteiger partial charge in [0.15, 0.2) is 0 Å². The van der Waals surface area contributed by atoms with E-state index in [0.717, 1.165) is 0 Å². The van der Waals surface area contributed by atoms with Crippen molar-refractivity contribution in [2.75, 3.05) is 14.4 Å². The molecule has 10 rings (SSSR count). The van der Waals surface area contributed by atoms with Crippen LogP contribution in [0, 0.1) is 27.7 Å². The fourth-order valence-electron chi connectivity index (χ4n) is 5.72. The Labute approximate surface area is 386 Å². The largest absolute Gasteiger partial charge is 0.255 e. The lowest BCUT2D eigenvalue weighted by atomic mass is 9.92. The molecular weight excluding hydrogens is 783 g/mol. The highest BCUT2D eigenvalue weighted by atomic mass is 19.1. The van der Waals surface area contributed by atoms with E-state index in [9.17, 15) is 8.78 Å². The van der Waals surface area contributed by atoms with Crippen molar-refractivity contribution in [3.63, 3.8) is 0 Å². The first-order chi connectivity index (χ1) is 31.5. The van der Waals surface area contributed by atoms with E-state index in [0.29, 0.717) is 14.4 Å². The average Bonchev–Trinajstić information content (AvgIpc) is 3.39. The Hall–Kier alpha value is -6.90. The molecule has 0 amide bonds. The van der Waals surface area contributed by atoms with E-state index in [-0.39, 0.29) is 0 Å². The number of halogens is 2. The predicted molar refractivity (Wildman–Crippen MR) is 279 cm³/mol. The molecule has 0 radical (unpaired) electrons. The van der Waals surface area contributed by atoms with Crippen molar-refractivity contribution in [1.29, 1.82) is 0 Å². The van der Waals surface area contributed by atoms with Crippen LogP contribution in [0.1, 0.15) is 46.2 Å². The molecule has 1 aliphatic rings. The van der Waals surface area contributed by atoms with E-state index in [1.54, 1.807) is 11.1 Å². The number of benzene rings is 9. The first-order valence-corrected chi connectivity index (χ1v) is 21.8. The number of hydrogen-bond acceptors (Lipinski definition) is 0. The molecule has 64 heavy (non-hydrogen) atoms. The summed E-state index contributed by atoms with van der Waals surface area (Å²) < 4.78 is 19.0. The molecule has 9 aromatic carbocycles. The minimum absolute atomic E-state index is 0.500. The third-order valence-electron chi connectivity index (χ3n) is 9.01. The smallest absolute Gasteiger partial charge is 0.0785 e. The quantitative estimate of drug-likeness (QED) is 0.143. The summed E-state index contributed by atoms with van der Waals surface area (Å²) in [7, 11) is 1.00. The molecule has 0 aliphatic heterocycles. The number of aryl methyl sites for hydroxylation is 6. The van der Waals surface area contributed by atoms with Crippen LogP contribution in [0.25, 0.3) is 10.8 Å². The summed E-state index contributed by atoms with van der Waals surface area (Å²) in [5.74, 6) is 0. The van der Waals surface area contributed by atoms with Crippen molar-refractivity contribution in [2.45, 2.75) is 53.4 Å². The molecule has 0 atom stereocenters. The van der Waals surface area contributed by atoms with Crippen molar-refractivity contribution < 1.29 is 8.78 Å². The van der Waals surface area contributed by atoms with E-state index >= 15 is 0 Å². The molecule has 0 heterocycles. The molecule has 0 aromatic heterocycles. The Morgan fingerprint density at radius 1 is 0.219 bits per heavy atom. The van der Waals surface area contributed by atoms with Gasteiger partial charge < -0.3 is 0 Å². The van der Waals surface area contributed by atoms with E-state index < -0.39 is 0 Å². The minimum atomic E-state index is 0.500. The van der Waals surface area contributed by atoms with Crippen LogP contribution in [0.2, 0.25) is 0 Å². The molecule has 332 valence electrons. The predicted octanol–water partition coefficient (Wildman–Crippen LogP) is 17.9. The van der Waals surface area contributed by atoms with E-state index in [2.05, 4.69) is 149 Å². The molecule has 0 fully saturated rings. The molecule has 0 nitrogen and oxygen atoms in total. The number of fused-ring (bicyclic) bond motifs is 2. The van der Waals surface area contributed by atoms with Crippen molar-refractivity contribution in [2.24, 2.45) is 0 Å². The zero-order valence-electron chi connectivity index (χ0n) is 39.0. The molecule has 0 bridgehead atoms. The number of hydrogen-bond donors (Lipinski definition) is 0. The van der Waals surface area contributed by atoms with Crippen molar-refractivity contribution in [1.82, 2.24) is 0 Å². The SMILES string of the molecule is CF.CF.Cc1ccccc1.Cc1ccccc1.Cc1ccccc1.Cc1ccccc1.c1ccc2c(c1)CCCC2.c1ccc2ccccc2c1.c1ccccc1.c1ccccc1. The second-order valence-electron chi connectivity index (χ2n) is 14.3. The number of alkyl halides is 2. The Bertz CT molecular complexity index is 1950. The highest BCUT2D eigenvalue weighted by Crippen LogP contribution is 2.19. The Morgan fingerprint density at radius 3 is 0.547 bits per heavy atom. The second kappa shape index (κ2) is 40.2. The van der Waals surface area contributed by atoms with Gasteiger partial charge in [-0.05, 0) is 75.3 Å². The van der Waals surface area contributed by atoms with Gasteiger partial charge in [-0.2, -0.15) is 0 Å². The molecular formula is C62H70F2. The summed E-state index contributed by atoms with van der Waals surface area (Å²) >= 11 is 0. The third-order valence-corrected chi connectivity index (χ3v) is 9.01. The van der Waals surface area contributed by atoms with Crippen LogP contribution in [-0.4, -0.2) is 14.4 Å². The summed E-state index contributed by atoms with van der Waals surface area (Å²) in [6.45, 7) is 8.33. The van der Waals surface area contributed by atoms with Crippen molar-refractivity contribution >= 4 is 10.8 Å². The third kappa shape index (κ3) is 30.2. The van der Waals surface area contributed by atoms with Crippen molar-refractivity contribution in [3.8, 4) is 0 Å². The molecule has 0 spiro atoms. The molecule has 0 saturated heterocycles. The van der Waals surface area contributed by atoms with Crippen LogP contribution in [0.5, 0.6) is 0 Å². The molecule has 0 N–H and O–H groups in total. The van der Waals surface area contributed by atoms with Crippen LogP contribution < -0.4 is 0 Å². The maximum absolute atomic E-state index is 9.50. The molecule has 0 unspecified atom stereocenters. The average molecular weight is 853 g/mol. The zero-order chi connectivity index (χ0) is 46.6. The second-order valence-corrected chi connectivity index (χ2v) is 14.3. The maximum atomic E-state index is 9.50. The van der Waals surface area contributed by atoms with Gasteiger partial charge in [0.25, 0.3) is 0 Å². The Morgan fingerprint density at radius 2 is 0.375 bits per heavy atom. The highest BCUT2D eigenvalue weighted by Gasteiger charge is 2.06. The fraction of sp³-hybridized carbons (Fsp3) is 0.161. The van der Waals surface area contributed by atoms with Gasteiger partial charge in [-0.25, -0.2) is 0 Å². The van der Waals surface area contributed by atoms with Gasteiger partial charge in [0.05, 0.1) is 14.4 Å². The van der Waals surface area contributed by atoms with Crippen molar-refractivity contribution in [3.05, 3.63) is 300 Å². The summed E-state index contributed by atoms with van der Waals surface area (Å²) in [6, 6.07) is 90.6. The lowest BCUT2D eigenvalue weighted by Gasteiger charge is -2.13. The van der Waals surface area contributed by atoms with E-state index in [1.807, 2.05) is 146 Å². The monoisotopic (exact) mass is 853 g/mol. The Balaban J connectivity index is 0.000000364. The van der Waals surface area contributed by atoms with E-state index in [4.69, 9.17) is 0 Å². The van der Waals surface area contributed by atoms with Crippen LogP contribution >= 0.6 is 0 Å². The first-order valence-electron chi connectivity index (χ1n) is 21.8. The van der Waals surface area contributed by atoms with Gasteiger partial charge in [-0.15, -0.1) is 0 Å². The van der Waals surface area contributed by atoms with Crippen LogP contribution in [0.3, 0.4) is 0 Å². The molecule has 9 aromatic rings. The van der Waals surface area contributed by atoms with Gasteiger partial charge in [-0.1, -0.05) is 289 Å². The summed E-state index contributed by atoms with van der Waals surface area (Å²) in [4.78, 5) is 0. The topological polar surface area (TPSA) is 0 Å². The zero-order valence-corrected chi connectivity index (χ0v) is 39.0. The molecule has 0 saturated carbocycles. The minimum Gasteiger partial charge on any atom is -0.255 e. The van der Waals surface area contributed by atoms with Crippen LogP contribution in [0.4, 0.5) is 8.78 Å². The van der Waals surface area contributed by atoms with Gasteiger partial charge in [-0.3, -0.25) is 8.78 Å². The van der Waals surface area contributed by atoms with Gasteiger partial charge in [0, 0.05) is 0 Å². The lowest BCUT2D eigenvalue weighted by Crippen LogP contribution is -2.00. The van der Waals surface area contributed by atoms with Crippen LogP contribution in [-0.2, 0) is 12.8 Å². The maximum Gasteiger partial charge on any atom is 0.0785 e. The van der Waals surface area contributed by atoms with Crippen LogP contribution in [0.15, 0.2) is 267 Å². The summed E-state index contributed by atoms with van der Waals surface area (Å²) in [5.41, 5.74) is 8.44. The normalized spacial score (nSPS) is 9.62. The van der Waals surface area contributed by atoms with Gasteiger partial charge in [0.2, 0.25) is 0 Å². The first kappa shape index (κ1) is 55.1.